The van der Waals surface area contributed by atoms with Gasteiger partial charge >= 0.3 is 11.9 Å². The minimum Gasteiger partial charge on any atom is -0.455 e. The molecule has 194 valence electrons. The average Bonchev–Trinajstić information content (AvgIpc) is 3.41. The molecule has 4 rings (SSSR count). The van der Waals surface area contributed by atoms with Crippen LogP contribution >= 0.6 is 0 Å². The Kier molecular flexibility index (Phi) is 6.96. The number of pyridine rings is 2. The van der Waals surface area contributed by atoms with Gasteiger partial charge in [-0.3, -0.25) is 9.59 Å². The number of ether oxygens (including phenoxy) is 4. The SMILES string of the molecule is CC(=O)O[C@H](c1cc2c(c(-c3nc([C@@H](OC(C)=O)C(C)(C)C)cc4c3COC4)n1)COC2)C(C)(C)C. The van der Waals surface area contributed by atoms with E-state index in [0.29, 0.717) is 49.2 Å². The molecule has 2 aliphatic heterocycles. The molecule has 0 spiro atoms. The van der Waals surface area contributed by atoms with Gasteiger partial charge in [0, 0.05) is 35.8 Å². The van der Waals surface area contributed by atoms with Crippen LogP contribution in [0.1, 0.15) is 101 Å². The van der Waals surface area contributed by atoms with E-state index in [-0.39, 0.29) is 22.8 Å². The maximum absolute atomic E-state index is 12.0. The summed E-state index contributed by atoms with van der Waals surface area (Å²) in [5.41, 5.74) is 5.88. The zero-order valence-corrected chi connectivity index (χ0v) is 22.5. The zero-order valence-electron chi connectivity index (χ0n) is 22.5. The molecular weight excluding hydrogens is 460 g/mol. The van der Waals surface area contributed by atoms with Gasteiger partial charge in [-0.2, -0.15) is 0 Å². The van der Waals surface area contributed by atoms with Crippen molar-refractivity contribution in [2.75, 3.05) is 0 Å². The monoisotopic (exact) mass is 496 g/mol. The van der Waals surface area contributed by atoms with E-state index in [1.807, 2.05) is 53.7 Å². The Hall–Kier alpha value is -2.84. The largest absolute Gasteiger partial charge is 0.455 e. The third-order valence-corrected chi connectivity index (χ3v) is 6.38. The van der Waals surface area contributed by atoms with Gasteiger partial charge < -0.3 is 18.9 Å². The van der Waals surface area contributed by atoms with Crippen LogP contribution in [0, 0.1) is 10.8 Å². The summed E-state index contributed by atoms with van der Waals surface area (Å²) in [4.78, 5) is 34.1. The summed E-state index contributed by atoms with van der Waals surface area (Å²) in [5.74, 6) is -0.724. The number of nitrogens with zero attached hydrogens (tertiary/aromatic N) is 2. The molecule has 2 atom stereocenters. The molecule has 0 saturated heterocycles. The standard InChI is InChI=1S/C28H36N2O6/c1-15(31)35-25(27(3,4)5)21-9-17-11-33-13-19(17)23(29-21)24-20-14-34-12-18(20)10-22(30-24)26(28(6,7)8)36-16(2)32/h9-10,25-26H,11-14H2,1-8H3/t25-,26-/m1/s1. The van der Waals surface area contributed by atoms with Gasteiger partial charge in [0.2, 0.25) is 0 Å². The molecular formula is C28H36N2O6. The van der Waals surface area contributed by atoms with Crippen molar-refractivity contribution in [2.24, 2.45) is 10.8 Å². The molecule has 0 aliphatic carbocycles. The first-order valence-electron chi connectivity index (χ1n) is 12.3. The topological polar surface area (TPSA) is 96.8 Å². The zero-order chi connectivity index (χ0) is 26.4. The van der Waals surface area contributed by atoms with E-state index in [0.717, 1.165) is 22.3 Å². The van der Waals surface area contributed by atoms with Crippen LogP contribution in [-0.2, 0) is 55.0 Å². The average molecular weight is 497 g/mol. The van der Waals surface area contributed by atoms with Crippen LogP contribution in [0.25, 0.3) is 11.4 Å². The number of carbonyl (C=O) groups is 2. The number of hydrogen-bond acceptors (Lipinski definition) is 8. The minimum atomic E-state index is -0.546. The van der Waals surface area contributed by atoms with Crippen molar-refractivity contribution in [2.45, 2.75) is 94.0 Å². The van der Waals surface area contributed by atoms with E-state index >= 15 is 0 Å². The van der Waals surface area contributed by atoms with Gasteiger partial charge in [0.15, 0.2) is 0 Å². The maximum atomic E-state index is 12.0. The number of rotatable bonds is 5. The van der Waals surface area contributed by atoms with E-state index in [2.05, 4.69) is 0 Å². The number of fused-ring (bicyclic) bond motifs is 2. The molecule has 2 aromatic heterocycles. The fraction of sp³-hybridized carbons (Fsp3) is 0.571. The van der Waals surface area contributed by atoms with Crippen molar-refractivity contribution in [3.63, 3.8) is 0 Å². The van der Waals surface area contributed by atoms with E-state index < -0.39 is 12.2 Å². The highest BCUT2D eigenvalue weighted by Crippen LogP contribution is 2.43. The Labute approximate surface area is 212 Å². The molecule has 0 N–H and O–H groups in total. The molecule has 0 bridgehead atoms. The number of hydrogen-bond donors (Lipinski definition) is 0. The Morgan fingerprint density at radius 3 is 1.39 bits per heavy atom. The fourth-order valence-corrected chi connectivity index (χ4v) is 4.75. The number of esters is 2. The van der Waals surface area contributed by atoms with Gasteiger partial charge in [-0.1, -0.05) is 41.5 Å². The van der Waals surface area contributed by atoms with E-state index in [1.165, 1.54) is 13.8 Å². The fourth-order valence-electron chi connectivity index (χ4n) is 4.75. The third-order valence-electron chi connectivity index (χ3n) is 6.38. The highest BCUT2D eigenvalue weighted by molar-refractivity contribution is 5.69. The predicted octanol–water partition coefficient (Wildman–Crippen LogP) is 5.50. The van der Waals surface area contributed by atoms with E-state index in [9.17, 15) is 9.59 Å². The molecule has 8 nitrogen and oxygen atoms in total. The highest BCUT2D eigenvalue weighted by atomic mass is 16.5. The van der Waals surface area contributed by atoms with Gasteiger partial charge in [0.25, 0.3) is 0 Å². The first-order valence-corrected chi connectivity index (χ1v) is 12.3. The second-order valence-electron chi connectivity index (χ2n) is 11.8. The molecule has 0 unspecified atom stereocenters. The number of aromatic nitrogens is 2. The molecule has 0 fully saturated rings. The Morgan fingerprint density at radius 2 is 1.08 bits per heavy atom. The second-order valence-corrected chi connectivity index (χ2v) is 11.8. The smallest absolute Gasteiger partial charge is 0.303 e. The van der Waals surface area contributed by atoms with Crippen LogP contribution in [0.5, 0.6) is 0 Å². The van der Waals surface area contributed by atoms with Crippen LogP contribution < -0.4 is 0 Å². The Balaban J connectivity index is 1.94. The summed E-state index contributed by atoms with van der Waals surface area (Å²) in [5, 5.41) is 0. The number of carbonyl (C=O) groups excluding carboxylic acids is 2. The molecule has 0 aromatic carbocycles. The molecule has 0 radical (unpaired) electrons. The van der Waals surface area contributed by atoms with Crippen LogP contribution in [-0.4, -0.2) is 21.9 Å². The van der Waals surface area contributed by atoms with Gasteiger partial charge in [0.05, 0.1) is 49.2 Å². The van der Waals surface area contributed by atoms with Crippen LogP contribution in [0.4, 0.5) is 0 Å². The normalized spacial score (nSPS) is 16.8. The first kappa shape index (κ1) is 26.2. The predicted molar refractivity (Wildman–Crippen MR) is 132 cm³/mol. The molecule has 2 aliphatic rings. The van der Waals surface area contributed by atoms with Gasteiger partial charge in [0.1, 0.15) is 12.2 Å². The summed E-state index contributed by atoms with van der Waals surface area (Å²) >= 11 is 0. The molecule has 0 saturated carbocycles. The van der Waals surface area contributed by atoms with Crippen LogP contribution in [0.2, 0.25) is 0 Å². The summed E-state index contributed by atoms with van der Waals surface area (Å²) in [6.07, 6.45) is -1.09. The summed E-state index contributed by atoms with van der Waals surface area (Å²) < 4.78 is 23.1. The summed E-state index contributed by atoms with van der Waals surface area (Å²) in [6, 6.07) is 3.95. The van der Waals surface area contributed by atoms with Crippen molar-refractivity contribution in [3.8, 4) is 11.4 Å². The van der Waals surface area contributed by atoms with Crippen molar-refractivity contribution >= 4 is 11.9 Å². The molecule has 8 heteroatoms. The van der Waals surface area contributed by atoms with E-state index in [1.54, 1.807) is 0 Å². The summed E-state index contributed by atoms with van der Waals surface area (Å²) in [7, 11) is 0. The maximum Gasteiger partial charge on any atom is 0.303 e. The van der Waals surface area contributed by atoms with Crippen LogP contribution in [0.3, 0.4) is 0 Å². The highest BCUT2D eigenvalue weighted by Gasteiger charge is 2.36. The van der Waals surface area contributed by atoms with Gasteiger partial charge in [-0.25, -0.2) is 9.97 Å². The Bertz CT molecular complexity index is 1100. The van der Waals surface area contributed by atoms with Crippen molar-refractivity contribution < 1.29 is 28.5 Å². The Morgan fingerprint density at radius 1 is 0.722 bits per heavy atom. The molecule has 36 heavy (non-hydrogen) atoms. The molecule has 2 aromatic rings. The van der Waals surface area contributed by atoms with Crippen LogP contribution in [0.15, 0.2) is 12.1 Å². The molecule has 4 heterocycles. The van der Waals surface area contributed by atoms with E-state index in [4.69, 9.17) is 28.9 Å². The quantitative estimate of drug-likeness (QED) is 0.500. The van der Waals surface area contributed by atoms with Crippen molar-refractivity contribution in [3.05, 3.63) is 45.8 Å². The van der Waals surface area contributed by atoms with Gasteiger partial charge in [-0.15, -0.1) is 0 Å². The second kappa shape index (κ2) is 9.56. The van der Waals surface area contributed by atoms with Gasteiger partial charge in [-0.05, 0) is 23.3 Å². The lowest BCUT2D eigenvalue weighted by Crippen LogP contribution is -2.25. The molecule has 0 amide bonds. The third kappa shape index (κ3) is 5.30. The first-order chi connectivity index (χ1) is 16.8. The van der Waals surface area contributed by atoms with Crippen molar-refractivity contribution in [1.29, 1.82) is 0 Å². The lowest BCUT2D eigenvalue weighted by Gasteiger charge is -2.31. The van der Waals surface area contributed by atoms with Crippen molar-refractivity contribution in [1.82, 2.24) is 9.97 Å². The lowest BCUT2D eigenvalue weighted by molar-refractivity contribution is -0.153. The summed E-state index contributed by atoms with van der Waals surface area (Å²) in [6.45, 7) is 16.7. The minimum absolute atomic E-state index is 0.362. The lowest BCUT2D eigenvalue weighted by atomic mass is 9.85.